The molecule has 7 heteroatoms. The van der Waals surface area contributed by atoms with Gasteiger partial charge in [-0.1, -0.05) is 25.4 Å². The molecule has 2 N–H and O–H groups in total. The van der Waals surface area contributed by atoms with Crippen molar-refractivity contribution in [2.75, 3.05) is 5.75 Å². The minimum atomic E-state index is -1.00. The van der Waals surface area contributed by atoms with Gasteiger partial charge in [0.05, 0.1) is 10.1 Å². The molecule has 0 bridgehead atoms. The molecule has 1 rings (SSSR count). The van der Waals surface area contributed by atoms with Gasteiger partial charge in [-0.05, 0) is 18.1 Å². The highest BCUT2D eigenvalue weighted by Crippen LogP contribution is 2.25. The van der Waals surface area contributed by atoms with E-state index in [4.69, 9.17) is 16.7 Å². The molecule has 106 valence electrons. The Morgan fingerprint density at radius 3 is 2.63 bits per heavy atom. The highest BCUT2D eigenvalue weighted by molar-refractivity contribution is 7.99. The van der Waals surface area contributed by atoms with Gasteiger partial charge < -0.3 is 10.4 Å². The molecule has 0 fully saturated rings. The predicted molar refractivity (Wildman–Crippen MR) is 79.9 cm³/mol. The van der Waals surface area contributed by atoms with Crippen LogP contribution in [0.5, 0.6) is 0 Å². The summed E-state index contributed by atoms with van der Waals surface area (Å²) in [6.07, 6.45) is 0. The maximum Gasteiger partial charge on any atom is 0.326 e. The van der Waals surface area contributed by atoms with Gasteiger partial charge in [-0.2, -0.15) is 0 Å². The molecule has 0 aromatic carbocycles. The van der Waals surface area contributed by atoms with Crippen LogP contribution < -0.4 is 5.32 Å². The summed E-state index contributed by atoms with van der Waals surface area (Å²) >= 11 is 8.73. The molecule has 0 unspecified atom stereocenters. The summed E-state index contributed by atoms with van der Waals surface area (Å²) in [5, 5.41) is 11.5. The maximum absolute atomic E-state index is 11.6. The third-order valence-electron chi connectivity index (χ3n) is 2.36. The van der Waals surface area contributed by atoms with E-state index in [1.54, 1.807) is 13.8 Å². The summed E-state index contributed by atoms with van der Waals surface area (Å²) in [4.78, 5) is 23.7. The number of carbonyl (C=O) groups is 2. The lowest BCUT2D eigenvalue weighted by molar-refractivity contribution is -0.142. The van der Waals surface area contributed by atoms with Gasteiger partial charge in [-0.15, -0.1) is 23.1 Å². The Bertz CT molecular complexity index is 448. The van der Waals surface area contributed by atoms with Crippen LogP contribution in [0, 0.1) is 5.92 Å². The zero-order valence-corrected chi connectivity index (χ0v) is 13.1. The Hall–Kier alpha value is -0.720. The zero-order chi connectivity index (χ0) is 14.4. The number of nitrogens with one attached hydrogen (secondary N) is 1. The van der Waals surface area contributed by atoms with E-state index in [-0.39, 0.29) is 17.6 Å². The molecule has 0 aliphatic carbocycles. The van der Waals surface area contributed by atoms with E-state index in [1.807, 2.05) is 12.1 Å². The van der Waals surface area contributed by atoms with Crippen LogP contribution in [-0.2, 0) is 15.3 Å². The second-order valence-electron chi connectivity index (χ2n) is 4.33. The van der Waals surface area contributed by atoms with Crippen LogP contribution in [0.15, 0.2) is 12.1 Å². The summed E-state index contributed by atoms with van der Waals surface area (Å²) in [6, 6.07) is 2.91. The number of carbonyl (C=O) groups excluding carboxylic acids is 1. The van der Waals surface area contributed by atoms with Crippen LogP contribution in [0.2, 0.25) is 4.34 Å². The summed E-state index contributed by atoms with van der Waals surface area (Å²) in [5.74, 6) is -0.453. The van der Waals surface area contributed by atoms with Crippen molar-refractivity contribution in [2.24, 2.45) is 5.92 Å². The van der Waals surface area contributed by atoms with Gasteiger partial charge >= 0.3 is 5.97 Å². The predicted octanol–water partition coefficient (Wildman–Crippen LogP) is 2.86. The Balaban J connectivity index is 2.33. The lowest BCUT2D eigenvalue weighted by Gasteiger charge is -2.17. The standard InChI is InChI=1S/C12H16ClNO3S2/c1-7(2)11(12(16)17)14-10(15)6-18-5-8-3-4-9(13)19-8/h3-4,7,11H,5-6H2,1-2H3,(H,14,15)(H,16,17)/t11-/m0/s1. The second-order valence-corrected chi connectivity index (χ2v) is 7.11. The molecule has 4 nitrogen and oxygen atoms in total. The molecule has 0 spiro atoms. The van der Waals surface area contributed by atoms with Crippen molar-refractivity contribution in [3.8, 4) is 0 Å². The summed E-state index contributed by atoms with van der Waals surface area (Å²) in [5.41, 5.74) is 0. The summed E-state index contributed by atoms with van der Waals surface area (Å²) < 4.78 is 0.728. The minimum Gasteiger partial charge on any atom is -0.480 e. The Morgan fingerprint density at radius 2 is 2.16 bits per heavy atom. The van der Waals surface area contributed by atoms with E-state index in [0.29, 0.717) is 5.75 Å². The van der Waals surface area contributed by atoms with Gasteiger partial charge in [0, 0.05) is 10.6 Å². The van der Waals surface area contributed by atoms with Gasteiger partial charge in [-0.3, -0.25) is 4.79 Å². The number of hydrogen-bond donors (Lipinski definition) is 2. The van der Waals surface area contributed by atoms with E-state index < -0.39 is 12.0 Å². The number of carboxylic acid groups (broad SMARTS) is 1. The molecule has 0 saturated carbocycles. The molecule has 0 radical (unpaired) electrons. The minimum absolute atomic E-state index is 0.137. The highest BCUT2D eigenvalue weighted by atomic mass is 35.5. The van der Waals surface area contributed by atoms with Crippen molar-refractivity contribution in [3.63, 3.8) is 0 Å². The summed E-state index contributed by atoms with van der Waals surface area (Å²) in [6.45, 7) is 3.53. The number of carboxylic acids is 1. The van der Waals surface area contributed by atoms with Gasteiger partial charge in [0.1, 0.15) is 6.04 Å². The average molecular weight is 322 g/mol. The first kappa shape index (κ1) is 16.3. The molecule has 1 amide bonds. The van der Waals surface area contributed by atoms with E-state index in [9.17, 15) is 9.59 Å². The normalized spacial score (nSPS) is 12.4. The lowest BCUT2D eigenvalue weighted by Crippen LogP contribution is -2.45. The molecule has 1 heterocycles. The quantitative estimate of drug-likeness (QED) is 0.810. The molecular weight excluding hydrogens is 306 g/mol. The maximum atomic E-state index is 11.6. The van der Waals surface area contributed by atoms with E-state index in [2.05, 4.69) is 5.32 Å². The molecule has 1 atom stereocenters. The average Bonchev–Trinajstić information content (AvgIpc) is 2.71. The number of thioether (sulfide) groups is 1. The van der Waals surface area contributed by atoms with Crippen LogP contribution in [0.4, 0.5) is 0 Å². The Kier molecular flexibility index (Phi) is 6.68. The number of thiophene rings is 1. The largest absolute Gasteiger partial charge is 0.480 e. The van der Waals surface area contributed by atoms with E-state index >= 15 is 0 Å². The SMILES string of the molecule is CC(C)[C@H](NC(=O)CSCc1ccc(Cl)s1)C(=O)O. The number of aliphatic carboxylic acids is 1. The Morgan fingerprint density at radius 1 is 1.47 bits per heavy atom. The van der Waals surface area contributed by atoms with Crippen molar-refractivity contribution < 1.29 is 14.7 Å². The topological polar surface area (TPSA) is 66.4 Å². The van der Waals surface area contributed by atoms with Gasteiger partial charge in [0.2, 0.25) is 5.91 Å². The van der Waals surface area contributed by atoms with Crippen LogP contribution >= 0.6 is 34.7 Å². The van der Waals surface area contributed by atoms with Crippen LogP contribution in [0.1, 0.15) is 18.7 Å². The molecule has 1 aromatic rings. The van der Waals surface area contributed by atoms with E-state index in [1.165, 1.54) is 23.1 Å². The van der Waals surface area contributed by atoms with Gasteiger partial charge in [-0.25, -0.2) is 4.79 Å². The molecule has 0 aliphatic heterocycles. The molecule has 19 heavy (non-hydrogen) atoms. The van der Waals surface area contributed by atoms with Crippen molar-refractivity contribution in [1.82, 2.24) is 5.32 Å². The zero-order valence-electron chi connectivity index (χ0n) is 10.7. The van der Waals surface area contributed by atoms with Crippen molar-refractivity contribution >= 4 is 46.6 Å². The van der Waals surface area contributed by atoms with Crippen molar-refractivity contribution in [2.45, 2.75) is 25.6 Å². The fourth-order valence-corrected chi connectivity index (χ4v) is 3.44. The lowest BCUT2D eigenvalue weighted by atomic mass is 10.1. The molecular formula is C12H16ClNO3S2. The van der Waals surface area contributed by atoms with Gasteiger partial charge in [0.15, 0.2) is 0 Å². The fraction of sp³-hybridized carbons (Fsp3) is 0.500. The molecule has 1 aromatic heterocycles. The number of amides is 1. The second kappa shape index (κ2) is 7.77. The van der Waals surface area contributed by atoms with E-state index in [0.717, 1.165) is 9.21 Å². The van der Waals surface area contributed by atoms with Crippen LogP contribution in [0.25, 0.3) is 0 Å². The first-order valence-corrected chi connectivity index (χ1v) is 8.09. The van der Waals surface area contributed by atoms with Crippen LogP contribution in [-0.4, -0.2) is 28.8 Å². The number of halogens is 1. The number of rotatable bonds is 7. The first-order valence-electron chi connectivity index (χ1n) is 5.74. The number of hydrogen-bond acceptors (Lipinski definition) is 4. The van der Waals surface area contributed by atoms with Crippen LogP contribution in [0.3, 0.4) is 0 Å². The highest BCUT2D eigenvalue weighted by Gasteiger charge is 2.23. The smallest absolute Gasteiger partial charge is 0.326 e. The van der Waals surface area contributed by atoms with Crippen molar-refractivity contribution in [1.29, 1.82) is 0 Å². The third-order valence-corrected chi connectivity index (χ3v) is 4.75. The molecule has 0 aliphatic rings. The van der Waals surface area contributed by atoms with Crippen molar-refractivity contribution in [3.05, 3.63) is 21.3 Å². The third kappa shape index (κ3) is 5.84. The monoisotopic (exact) mass is 321 g/mol. The fourth-order valence-electron chi connectivity index (χ4n) is 1.40. The molecule has 0 saturated heterocycles. The Labute approximate surface area is 125 Å². The van der Waals surface area contributed by atoms with Gasteiger partial charge in [0.25, 0.3) is 0 Å². The first-order chi connectivity index (χ1) is 8.90. The summed E-state index contributed by atoms with van der Waals surface area (Å²) in [7, 11) is 0.